The number of hydrogen-bond donors (Lipinski definition) is 2. The SMILES string of the molecule is [2H]C([2H])(NS(C)(=O)=O)C1CCCNC1. The van der Waals surface area contributed by atoms with Crippen LogP contribution in [-0.4, -0.2) is 34.3 Å². The van der Waals surface area contributed by atoms with Gasteiger partial charge in [0, 0.05) is 9.24 Å². The van der Waals surface area contributed by atoms with Gasteiger partial charge >= 0.3 is 0 Å². The van der Waals surface area contributed by atoms with E-state index in [4.69, 9.17) is 2.74 Å². The van der Waals surface area contributed by atoms with Crippen LogP contribution in [0.2, 0.25) is 0 Å². The molecule has 4 nitrogen and oxygen atoms in total. The van der Waals surface area contributed by atoms with Crippen LogP contribution in [0.3, 0.4) is 0 Å². The Morgan fingerprint density at radius 2 is 2.50 bits per heavy atom. The lowest BCUT2D eigenvalue weighted by atomic mass is 10.0. The van der Waals surface area contributed by atoms with Gasteiger partial charge in [-0.25, -0.2) is 13.1 Å². The average molecular weight is 194 g/mol. The van der Waals surface area contributed by atoms with Gasteiger partial charge in [0.15, 0.2) is 0 Å². The molecule has 72 valence electrons. The van der Waals surface area contributed by atoms with Crippen molar-refractivity contribution in [2.24, 2.45) is 5.92 Å². The van der Waals surface area contributed by atoms with Gasteiger partial charge < -0.3 is 5.32 Å². The number of sulfonamides is 1. The van der Waals surface area contributed by atoms with E-state index in [1.165, 1.54) is 0 Å². The summed E-state index contributed by atoms with van der Waals surface area (Å²) in [7, 11) is -3.48. The number of rotatable bonds is 3. The van der Waals surface area contributed by atoms with E-state index in [1.807, 2.05) is 4.72 Å². The Labute approximate surface area is 76.6 Å². The quantitative estimate of drug-likeness (QED) is 0.639. The molecule has 5 heteroatoms. The molecule has 1 unspecified atom stereocenters. The van der Waals surface area contributed by atoms with Gasteiger partial charge in [-0.2, -0.15) is 0 Å². The van der Waals surface area contributed by atoms with Crippen LogP contribution < -0.4 is 10.0 Å². The highest BCUT2D eigenvalue weighted by Gasteiger charge is 2.13. The van der Waals surface area contributed by atoms with Crippen LogP contribution >= 0.6 is 0 Å². The molecule has 2 N–H and O–H groups in total. The van der Waals surface area contributed by atoms with Gasteiger partial charge in [0.05, 0.1) is 6.26 Å². The maximum absolute atomic E-state index is 10.9. The van der Waals surface area contributed by atoms with Crippen LogP contribution in [0.25, 0.3) is 0 Å². The molecule has 0 spiro atoms. The van der Waals surface area contributed by atoms with E-state index in [1.54, 1.807) is 0 Å². The Morgan fingerprint density at radius 1 is 1.75 bits per heavy atom. The fourth-order valence-corrected chi connectivity index (χ4v) is 1.55. The monoisotopic (exact) mass is 194 g/mol. The molecule has 1 rings (SSSR count). The summed E-state index contributed by atoms with van der Waals surface area (Å²) in [6, 6.07) is 0. The van der Waals surface area contributed by atoms with Crippen molar-refractivity contribution in [3.05, 3.63) is 0 Å². The highest BCUT2D eigenvalue weighted by atomic mass is 32.2. The summed E-state index contributed by atoms with van der Waals surface area (Å²) < 4.78 is 39.1. The van der Waals surface area contributed by atoms with Gasteiger partial charge in [0.1, 0.15) is 0 Å². The predicted octanol–water partition coefficient (Wildman–Crippen LogP) is -0.465. The van der Waals surface area contributed by atoms with Gasteiger partial charge in [0.2, 0.25) is 10.0 Å². The van der Waals surface area contributed by atoms with E-state index >= 15 is 0 Å². The van der Waals surface area contributed by atoms with E-state index < -0.39 is 16.5 Å². The van der Waals surface area contributed by atoms with Crippen molar-refractivity contribution in [1.29, 1.82) is 0 Å². The first-order valence-corrected chi connectivity index (χ1v) is 5.90. The molecule has 0 saturated carbocycles. The van der Waals surface area contributed by atoms with Crippen LogP contribution in [0.5, 0.6) is 0 Å². The van der Waals surface area contributed by atoms with Crippen molar-refractivity contribution in [3.8, 4) is 0 Å². The van der Waals surface area contributed by atoms with Gasteiger partial charge in [-0.3, -0.25) is 0 Å². The Balaban J connectivity index is 2.63. The zero-order valence-electron chi connectivity index (χ0n) is 9.13. The fourth-order valence-electron chi connectivity index (χ4n) is 1.17. The number of hydrogen-bond acceptors (Lipinski definition) is 3. The topological polar surface area (TPSA) is 58.2 Å². The fraction of sp³-hybridized carbons (Fsp3) is 1.00. The molecule has 0 amide bonds. The van der Waals surface area contributed by atoms with Crippen molar-refractivity contribution in [2.45, 2.75) is 12.8 Å². The summed E-state index contributed by atoms with van der Waals surface area (Å²) in [6.07, 6.45) is 2.57. The summed E-state index contributed by atoms with van der Waals surface area (Å²) in [4.78, 5) is 0. The Kier molecular flexibility index (Phi) is 2.55. The molecule has 0 radical (unpaired) electrons. The first-order valence-electron chi connectivity index (χ1n) is 5.01. The molecule has 1 atom stereocenters. The maximum Gasteiger partial charge on any atom is 0.208 e. The van der Waals surface area contributed by atoms with Crippen molar-refractivity contribution in [1.82, 2.24) is 10.0 Å². The highest BCUT2D eigenvalue weighted by molar-refractivity contribution is 7.88. The Morgan fingerprint density at radius 3 is 3.00 bits per heavy atom. The lowest BCUT2D eigenvalue weighted by Gasteiger charge is -2.22. The van der Waals surface area contributed by atoms with Crippen LogP contribution in [0.1, 0.15) is 15.6 Å². The average Bonchev–Trinajstić information content (AvgIpc) is 2.01. The summed E-state index contributed by atoms with van der Waals surface area (Å²) in [5.74, 6) is -0.286. The van der Waals surface area contributed by atoms with Gasteiger partial charge in [-0.1, -0.05) is 0 Å². The van der Waals surface area contributed by atoms with Crippen molar-refractivity contribution in [2.75, 3.05) is 25.8 Å². The first kappa shape index (κ1) is 7.29. The van der Waals surface area contributed by atoms with E-state index in [0.717, 1.165) is 19.2 Å². The minimum atomic E-state index is -3.48. The van der Waals surface area contributed by atoms with Crippen LogP contribution in [0.4, 0.5) is 0 Å². The summed E-state index contributed by atoms with van der Waals surface area (Å²) in [5, 5.41) is 3.05. The van der Waals surface area contributed by atoms with Crippen molar-refractivity contribution < 1.29 is 11.2 Å². The molecule has 0 aromatic carbocycles. The minimum absolute atomic E-state index is 0.286. The third-order valence-electron chi connectivity index (χ3n) is 1.75. The maximum atomic E-state index is 10.9. The lowest BCUT2D eigenvalue weighted by molar-refractivity contribution is 0.376. The van der Waals surface area contributed by atoms with E-state index in [-0.39, 0.29) is 5.92 Å². The van der Waals surface area contributed by atoms with Crippen LogP contribution in [-0.2, 0) is 10.0 Å². The van der Waals surface area contributed by atoms with Crippen LogP contribution in [0, 0.1) is 5.92 Å². The molecule has 1 heterocycles. The second-order valence-corrected chi connectivity index (χ2v) is 4.81. The zero-order valence-corrected chi connectivity index (χ0v) is 7.95. The minimum Gasteiger partial charge on any atom is -0.316 e. The lowest BCUT2D eigenvalue weighted by Crippen LogP contribution is -2.37. The molecule has 0 aromatic heterocycles. The number of piperidine rings is 1. The van der Waals surface area contributed by atoms with Crippen molar-refractivity contribution >= 4 is 10.0 Å². The van der Waals surface area contributed by atoms with Gasteiger partial charge in [0.25, 0.3) is 0 Å². The Hall–Kier alpha value is -0.130. The zero-order chi connectivity index (χ0) is 10.8. The largest absolute Gasteiger partial charge is 0.316 e. The molecule has 1 aliphatic rings. The molecule has 1 saturated heterocycles. The van der Waals surface area contributed by atoms with E-state index in [2.05, 4.69) is 5.32 Å². The molecule has 1 aliphatic heterocycles. The Bertz CT molecular complexity index is 286. The van der Waals surface area contributed by atoms with E-state index in [9.17, 15) is 8.42 Å². The molecule has 12 heavy (non-hydrogen) atoms. The third-order valence-corrected chi connectivity index (χ3v) is 2.23. The van der Waals surface area contributed by atoms with Crippen LogP contribution in [0.15, 0.2) is 0 Å². The normalized spacial score (nSPS) is 29.2. The van der Waals surface area contributed by atoms with E-state index in [0.29, 0.717) is 13.0 Å². The van der Waals surface area contributed by atoms with Gasteiger partial charge in [-0.05, 0) is 31.8 Å². The summed E-state index contributed by atoms with van der Waals surface area (Å²) in [5.41, 5.74) is 0. The predicted molar refractivity (Wildman–Crippen MR) is 48.4 cm³/mol. The van der Waals surface area contributed by atoms with Crippen molar-refractivity contribution in [3.63, 3.8) is 0 Å². The third kappa shape index (κ3) is 4.04. The molecular weight excluding hydrogens is 176 g/mol. The highest BCUT2D eigenvalue weighted by Crippen LogP contribution is 2.08. The molecule has 0 aromatic rings. The standard InChI is InChI=1S/C7H16N2O2S/c1-12(10,11)9-6-7-3-2-4-8-5-7/h7-9H,2-6H2,1H3/i6D2. The summed E-state index contributed by atoms with van der Waals surface area (Å²) >= 11 is 0. The van der Waals surface area contributed by atoms with Gasteiger partial charge in [-0.15, -0.1) is 0 Å². The second-order valence-electron chi connectivity index (χ2n) is 3.06. The molecule has 0 bridgehead atoms. The number of nitrogens with one attached hydrogen (secondary N) is 2. The molecular formula is C7H16N2O2S. The molecule has 1 fully saturated rings. The summed E-state index contributed by atoms with van der Waals surface area (Å²) in [6.45, 7) is -0.442. The molecule has 0 aliphatic carbocycles. The first-order chi connectivity index (χ1) is 6.31. The smallest absolute Gasteiger partial charge is 0.208 e. The second kappa shape index (κ2) is 4.20.